The summed E-state index contributed by atoms with van der Waals surface area (Å²) in [6.45, 7) is 0. The van der Waals surface area contributed by atoms with Crippen LogP contribution < -0.4 is 0 Å². The Morgan fingerprint density at radius 2 is 1.12 bits per heavy atom. The summed E-state index contributed by atoms with van der Waals surface area (Å²) in [5.74, 6) is -5.36. The summed E-state index contributed by atoms with van der Waals surface area (Å²) >= 11 is 0. The van der Waals surface area contributed by atoms with Crippen LogP contribution in [0.4, 0.5) is 0 Å². The molecule has 4 N–H and O–H groups in total. The standard InChI is InChI=1S/C18H10O8/c1-2-9-10(8-6-4-3-5-7-8)12(16(21)22)14(18(25)26)13(17(23)24)11(9)15(19)20/h1,3-7H,(H,19,20)(H,21,22)(H,23,24)(H,25,26). The fourth-order valence-electron chi connectivity index (χ4n) is 2.64. The molecule has 0 spiro atoms. The van der Waals surface area contributed by atoms with Crippen molar-refractivity contribution in [1.82, 2.24) is 0 Å². The van der Waals surface area contributed by atoms with Gasteiger partial charge in [-0.2, -0.15) is 0 Å². The molecular weight excluding hydrogens is 344 g/mol. The van der Waals surface area contributed by atoms with Crippen molar-refractivity contribution in [3.05, 3.63) is 58.1 Å². The first kappa shape index (κ1) is 18.2. The van der Waals surface area contributed by atoms with Gasteiger partial charge in [0.05, 0.1) is 22.3 Å². The molecule has 0 bridgehead atoms. The zero-order chi connectivity index (χ0) is 19.6. The van der Waals surface area contributed by atoms with Crippen LogP contribution in [0.25, 0.3) is 11.1 Å². The van der Waals surface area contributed by atoms with E-state index in [1.54, 1.807) is 6.07 Å². The number of aromatic carboxylic acids is 4. The summed E-state index contributed by atoms with van der Waals surface area (Å²) in [7, 11) is 0. The van der Waals surface area contributed by atoms with Crippen LogP contribution in [0.1, 0.15) is 47.0 Å². The molecule has 0 aromatic heterocycles. The van der Waals surface area contributed by atoms with Gasteiger partial charge in [0, 0.05) is 11.1 Å². The number of carboxylic acids is 4. The van der Waals surface area contributed by atoms with Gasteiger partial charge < -0.3 is 20.4 Å². The smallest absolute Gasteiger partial charge is 0.337 e. The SMILES string of the molecule is C#Cc1c(C(=O)O)c(C(=O)O)c(C(=O)O)c(C(=O)O)c1-c1ccccc1. The zero-order valence-electron chi connectivity index (χ0n) is 12.9. The highest BCUT2D eigenvalue weighted by atomic mass is 16.4. The zero-order valence-corrected chi connectivity index (χ0v) is 12.9. The van der Waals surface area contributed by atoms with Crippen LogP contribution in [-0.4, -0.2) is 44.3 Å². The van der Waals surface area contributed by atoms with Crippen LogP contribution in [0, 0.1) is 12.3 Å². The minimum atomic E-state index is -1.92. The van der Waals surface area contributed by atoms with E-state index in [-0.39, 0.29) is 11.1 Å². The first-order valence-corrected chi connectivity index (χ1v) is 6.91. The van der Waals surface area contributed by atoms with Crippen LogP contribution in [0.3, 0.4) is 0 Å². The van der Waals surface area contributed by atoms with Crippen LogP contribution in [0.5, 0.6) is 0 Å². The molecule has 0 amide bonds. The van der Waals surface area contributed by atoms with E-state index in [4.69, 9.17) is 6.42 Å². The number of carboxylic acid groups (broad SMARTS) is 4. The highest BCUT2D eigenvalue weighted by Gasteiger charge is 2.36. The lowest BCUT2D eigenvalue weighted by Crippen LogP contribution is -2.22. The van der Waals surface area contributed by atoms with Gasteiger partial charge in [-0.3, -0.25) is 0 Å². The molecule has 0 aliphatic rings. The topological polar surface area (TPSA) is 149 Å². The van der Waals surface area contributed by atoms with E-state index < -0.39 is 51.7 Å². The molecule has 0 unspecified atom stereocenters. The van der Waals surface area contributed by atoms with Crippen molar-refractivity contribution in [3.63, 3.8) is 0 Å². The lowest BCUT2D eigenvalue weighted by Gasteiger charge is -2.17. The van der Waals surface area contributed by atoms with Gasteiger partial charge in [-0.25, -0.2) is 19.2 Å². The largest absolute Gasteiger partial charge is 0.478 e. The summed E-state index contributed by atoms with van der Waals surface area (Å²) in [6.07, 6.45) is 5.34. The fraction of sp³-hybridized carbons (Fsp3) is 0. The molecule has 0 saturated carbocycles. The molecule has 0 atom stereocenters. The van der Waals surface area contributed by atoms with Crippen molar-refractivity contribution in [3.8, 4) is 23.5 Å². The maximum Gasteiger partial charge on any atom is 0.337 e. The van der Waals surface area contributed by atoms with E-state index >= 15 is 0 Å². The third kappa shape index (κ3) is 2.85. The quantitative estimate of drug-likeness (QED) is 0.597. The lowest BCUT2D eigenvalue weighted by atomic mass is 9.83. The van der Waals surface area contributed by atoms with E-state index in [9.17, 15) is 39.6 Å². The van der Waals surface area contributed by atoms with Gasteiger partial charge in [0.25, 0.3) is 0 Å². The summed E-state index contributed by atoms with van der Waals surface area (Å²) in [5.41, 5.74) is -4.92. The second-order valence-electron chi connectivity index (χ2n) is 4.98. The van der Waals surface area contributed by atoms with E-state index in [1.807, 2.05) is 5.92 Å². The molecule has 0 fully saturated rings. The van der Waals surface area contributed by atoms with Gasteiger partial charge in [0.1, 0.15) is 0 Å². The van der Waals surface area contributed by atoms with Gasteiger partial charge in [0.15, 0.2) is 0 Å². The van der Waals surface area contributed by atoms with E-state index in [2.05, 4.69) is 0 Å². The Morgan fingerprint density at radius 1 is 0.692 bits per heavy atom. The second kappa shape index (κ2) is 6.78. The fourth-order valence-corrected chi connectivity index (χ4v) is 2.64. The maximum atomic E-state index is 11.8. The lowest BCUT2D eigenvalue weighted by molar-refractivity contribution is 0.0619. The summed E-state index contributed by atoms with van der Waals surface area (Å²) in [4.78, 5) is 46.6. The molecule has 2 aromatic rings. The third-order valence-electron chi connectivity index (χ3n) is 3.56. The van der Waals surface area contributed by atoms with Crippen molar-refractivity contribution in [1.29, 1.82) is 0 Å². The minimum Gasteiger partial charge on any atom is -0.478 e. The monoisotopic (exact) mass is 354 g/mol. The van der Waals surface area contributed by atoms with Gasteiger partial charge in [-0.05, 0) is 5.56 Å². The highest BCUT2D eigenvalue weighted by molar-refractivity contribution is 6.18. The van der Waals surface area contributed by atoms with Crippen molar-refractivity contribution in [2.75, 3.05) is 0 Å². The van der Waals surface area contributed by atoms with Crippen LogP contribution in [0.2, 0.25) is 0 Å². The van der Waals surface area contributed by atoms with Crippen LogP contribution in [0.15, 0.2) is 30.3 Å². The summed E-state index contributed by atoms with van der Waals surface area (Å²) in [5, 5.41) is 37.7. The average Bonchev–Trinajstić information content (AvgIpc) is 2.59. The van der Waals surface area contributed by atoms with Gasteiger partial charge >= 0.3 is 23.9 Å². The van der Waals surface area contributed by atoms with E-state index in [0.717, 1.165) is 0 Å². The molecule has 0 aliphatic carbocycles. The number of carbonyl (C=O) groups is 4. The number of rotatable bonds is 5. The van der Waals surface area contributed by atoms with Crippen molar-refractivity contribution < 1.29 is 39.6 Å². The number of terminal acetylenes is 1. The Balaban J connectivity index is 3.27. The van der Waals surface area contributed by atoms with E-state index in [1.165, 1.54) is 24.3 Å². The van der Waals surface area contributed by atoms with E-state index in [0.29, 0.717) is 0 Å². The molecule has 8 nitrogen and oxygen atoms in total. The minimum absolute atomic E-state index is 0.139. The number of hydrogen-bond donors (Lipinski definition) is 4. The summed E-state index contributed by atoms with van der Waals surface area (Å²) < 4.78 is 0. The molecule has 0 aliphatic heterocycles. The highest BCUT2D eigenvalue weighted by Crippen LogP contribution is 2.36. The number of hydrogen-bond acceptors (Lipinski definition) is 4. The number of benzene rings is 2. The van der Waals surface area contributed by atoms with Crippen LogP contribution >= 0.6 is 0 Å². The predicted molar refractivity (Wildman–Crippen MR) is 87.7 cm³/mol. The van der Waals surface area contributed by atoms with Gasteiger partial charge in [-0.1, -0.05) is 36.3 Å². The van der Waals surface area contributed by atoms with Crippen molar-refractivity contribution in [2.24, 2.45) is 0 Å². The van der Waals surface area contributed by atoms with Crippen molar-refractivity contribution >= 4 is 23.9 Å². The van der Waals surface area contributed by atoms with Gasteiger partial charge in [0.2, 0.25) is 0 Å². The molecule has 0 radical (unpaired) electrons. The molecule has 0 heterocycles. The molecule has 26 heavy (non-hydrogen) atoms. The summed E-state index contributed by atoms with van der Waals surface area (Å²) in [6, 6.07) is 7.42. The van der Waals surface area contributed by atoms with Crippen molar-refractivity contribution in [2.45, 2.75) is 0 Å². The normalized spacial score (nSPS) is 9.96. The molecule has 0 saturated heterocycles. The average molecular weight is 354 g/mol. The maximum absolute atomic E-state index is 11.8. The second-order valence-corrected chi connectivity index (χ2v) is 4.98. The first-order valence-electron chi connectivity index (χ1n) is 6.91. The predicted octanol–water partition coefficient (Wildman–Crippen LogP) is 2.13. The molecule has 8 heteroatoms. The third-order valence-corrected chi connectivity index (χ3v) is 3.56. The van der Waals surface area contributed by atoms with Crippen LogP contribution in [-0.2, 0) is 0 Å². The molecule has 2 rings (SSSR count). The Hall–Kier alpha value is -4.12. The Kier molecular flexibility index (Phi) is 4.75. The Bertz CT molecular complexity index is 996. The molecule has 130 valence electrons. The Labute approximate surface area is 146 Å². The van der Waals surface area contributed by atoms with Gasteiger partial charge in [-0.15, -0.1) is 6.42 Å². The first-order chi connectivity index (χ1) is 12.2. The Morgan fingerprint density at radius 3 is 1.50 bits per heavy atom. The molecular formula is C18H10O8. The molecule has 2 aromatic carbocycles.